The van der Waals surface area contributed by atoms with Crippen molar-refractivity contribution < 1.29 is 59.1 Å². The van der Waals surface area contributed by atoms with Gasteiger partial charge in [-0.15, -0.1) is 0 Å². The molecular formula is C39H64O12. The summed E-state index contributed by atoms with van der Waals surface area (Å²) in [5.74, 6) is 3.63. The summed E-state index contributed by atoms with van der Waals surface area (Å²) >= 11 is 0. The Morgan fingerprint density at radius 2 is 1.47 bits per heavy atom. The Labute approximate surface area is 302 Å². The van der Waals surface area contributed by atoms with E-state index < -0.39 is 73.8 Å². The monoisotopic (exact) mass is 724 g/mol. The number of fused-ring (bicyclic) bond motifs is 7. The number of aliphatic hydroxyl groups excluding tert-OH is 6. The first-order valence-corrected chi connectivity index (χ1v) is 20.2. The molecule has 12 nitrogen and oxygen atoms in total. The molecule has 292 valence electrons. The van der Waals surface area contributed by atoms with E-state index in [4.69, 9.17) is 28.4 Å². The van der Waals surface area contributed by atoms with Crippen LogP contribution in [0.5, 0.6) is 0 Å². The van der Waals surface area contributed by atoms with Crippen LogP contribution in [-0.4, -0.2) is 123 Å². The van der Waals surface area contributed by atoms with Gasteiger partial charge in [0.05, 0.1) is 31.5 Å². The minimum atomic E-state index is -1.60. The summed E-state index contributed by atoms with van der Waals surface area (Å²) in [5, 5.41) is 62.9. The minimum Gasteiger partial charge on any atom is -0.394 e. The summed E-state index contributed by atoms with van der Waals surface area (Å²) in [5.41, 5.74) is 0.464. The first-order valence-electron chi connectivity index (χ1n) is 20.2. The van der Waals surface area contributed by atoms with E-state index in [0.29, 0.717) is 41.4 Å². The Balaban J connectivity index is 0.941. The zero-order chi connectivity index (χ0) is 36.2. The van der Waals surface area contributed by atoms with Gasteiger partial charge in [-0.2, -0.15) is 0 Å². The maximum absolute atomic E-state index is 11.1. The molecule has 8 rings (SSSR count). The van der Waals surface area contributed by atoms with Gasteiger partial charge in [0.2, 0.25) is 0 Å². The van der Waals surface area contributed by atoms with Gasteiger partial charge in [0.25, 0.3) is 0 Å². The summed E-state index contributed by atoms with van der Waals surface area (Å²) in [6.07, 6.45) is -2.28. The van der Waals surface area contributed by atoms with E-state index >= 15 is 0 Å². The van der Waals surface area contributed by atoms with Crippen molar-refractivity contribution in [2.24, 2.45) is 52.3 Å². The Morgan fingerprint density at radius 1 is 0.706 bits per heavy atom. The van der Waals surface area contributed by atoms with Gasteiger partial charge in [0.15, 0.2) is 18.4 Å². The number of aliphatic hydroxyl groups is 6. The summed E-state index contributed by atoms with van der Waals surface area (Å²) in [4.78, 5) is 0. The lowest BCUT2D eigenvalue weighted by molar-refractivity contribution is -0.371. The van der Waals surface area contributed by atoms with Crippen LogP contribution < -0.4 is 0 Å². The molecule has 1 spiro atoms. The zero-order valence-corrected chi connectivity index (χ0v) is 31.1. The lowest BCUT2D eigenvalue weighted by Crippen LogP contribution is -2.64. The molecule has 0 bridgehead atoms. The van der Waals surface area contributed by atoms with E-state index in [0.717, 1.165) is 45.1 Å². The highest BCUT2D eigenvalue weighted by molar-refractivity contribution is 5.15. The maximum atomic E-state index is 11.1. The molecule has 0 unspecified atom stereocenters. The van der Waals surface area contributed by atoms with Gasteiger partial charge in [0.1, 0.15) is 42.7 Å². The van der Waals surface area contributed by atoms with Crippen LogP contribution in [-0.2, 0) is 28.4 Å². The fourth-order valence-electron chi connectivity index (χ4n) is 13.1. The quantitative estimate of drug-likeness (QED) is 0.229. The summed E-state index contributed by atoms with van der Waals surface area (Å²) in [6.45, 7) is 11.6. The fourth-order valence-corrected chi connectivity index (χ4v) is 13.1. The first kappa shape index (κ1) is 37.4. The topological polar surface area (TPSA) is 177 Å². The molecule has 4 heterocycles. The van der Waals surface area contributed by atoms with Crippen molar-refractivity contribution in [2.45, 2.75) is 178 Å². The van der Waals surface area contributed by atoms with E-state index in [1.165, 1.54) is 25.7 Å². The smallest absolute Gasteiger partial charge is 0.187 e. The second-order valence-corrected chi connectivity index (χ2v) is 18.7. The predicted molar refractivity (Wildman–Crippen MR) is 182 cm³/mol. The van der Waals surface area contributed by atoms with Crippen LogP contribution in [0.3, 0.4) is 0 Å². The molecule has 12 heteroatoms. The third-order valence-electron chi connectivity index (χ3n) is 16.1. The lowest BCUT2D eigenvalue weighted by atomic mass is 9.44. The molecule has 22 atom stereocenters. The molecular weight excluding hydrogens is 660 g/mol. The molecule has 0 amide bonds. The van der Waals surface area contributed by atoms with E-state index in [-0.39, 0.29) is 23.0 Å². The van der Waals surface area contributed by atoms with Crippen LogP contribution in [0.4, 0.5) is 0 Å². The third-order valence-corrected chi connectivity index (χ3v) is 16.1. The van der Waals surface area contributed by atoms with Crippen molar-refractivity contribution >= 4 is 0 Å². The highest BCUT2D eigenvalue weighted by Crippen LogP contribution is 2.71. The molecule has 4 saturated heterocycles. The van der Waals surface area contributed by atoms with Gasteiger partial charge < -0.3 is 59.1 Å². The SMILES string of the molecule is C[C@@H]1CC[C@@]2(OC1)O[C@H]1C[C@H]3[C@@H]4CC[C@H]5C[C@@H](O[C@@H]6O[C@H](CO)[C@@H](O)[C@H](O)[C@H]6O[C@@H]6O[C@@H](C)[C@H](O)[C@@H](O)[C@H]6O)CC[C@]5(C)[C@H]4CC[C@]3(C)[C@H]1[C@@H]2C. The number of hydrogen-bond donors (Lipinski definition) is 6. The number of rotatable bonds is 5. The minimum absolute atomic E-state index is 0.190. The predicted octanol–water partition coefficient (Wildman–Crippen LogP) is 2.47. The van der Waals surface area contributed by atoms with Crippen molar-refractivity contribution in [2.75, 3.05) is 13.2 Å². The first-order chi connectivity index (χ1) is 24.2. The summed E-state index contributed by atoms with van der Waals surface area (Å²) in [6, 6.07) is 0. The number of ether oxygens (including phenoxy) is 6. The average Bonchev–Trinajstić information content (AvgIpc) is 3.56. The van der Waals surface area contributed by atoms with Crippen molar-refractivity contribution in [1.82, 2.24) is 0 Å². The molecule has 6 N–H and O–H groups in total. The van der Waals surface area contributed by atoms with Gasteiger partial charge in [-0.3, -0.25) is 0 Å². The van der Waals surface area contributed by atoms with Crippen LogP contribution >= 0.6 is 0 Å². The van der Waals surface area contributed by atoms with Gasteiger partial charge in [-0.1, -0.05) is 27.7 Å². The van der Waals surface area contributed by atoms with Crippen molar-refractivity contribution in [3.63, 3.8) is 0 Å². The molecule has 0 aromatic rings. The van der Waals surface area contributed by atoms with Gasteiger partial charge in [-0.05, 0) is 111 Å². The molecule has 51 heavy (non-hydrogen) atoms. The van der Waals surface area contributed by atoms with Crippen LogP contribution in [0.25, 0.3) is 0 Å². The maximum Gasteiger partial charge on any atom is 0.187 e. The lowest BCUT2D eigenvalue weighted by Gasteiger charge is -2.61. The van der Waals surface area contributed by atoms with Gasteiger partial charge >= 0.3 is 0 Å². The molecule has 4 saturated carbocycles. The highest BCUT2D eigenvalue weighted by atomic mass is 16.8. The zero-order valence-electron chi connectivity index (χ0n) is 31.1. The molecule has 8 aliphatic rings. The van der Waals surface area contributed by atoms with Gasteiger partial charge in [0, 0.05) is 12.3 Å². The summed E-state index contributed by atoms with van der Waals surface area (Å²) < 4.78 is 37.7. The fraction of sp³-hybridized carbons (Fsp3) is 1.00. The average molecular weight is 725 g/mol. The molecule has 4 aliphatic carbocycles. The Hall–Kier alpha value is -0.480. The normalized spacial score (nSPS) is 59.9. The van der Waals surface area contributed by atoms with Crippen LogP contribution in [0.15, 0.2) is 0 Å². The van der Waals surface area contributed by atoms with Crippen molar-refractivity contribution in [3.8, 4) is 0 Å². The Morgan fingerprint density at radius 3 is 2.20 bits per heavy atom. The Kier molecular flexibility index (Phi) is 10.00. The van der Waals surface area contributed by atoms with Crippen molar-refractivity contribution in [1.29, 1.82) is 0 Å². The standard InChI is InChI=1S/C39H64O12/c1-18-8-13-39(46-17-18)19(2)28-26(51-39)15-25-23-7-6-21-14-22(9-11-37(21,4)24(23)10-12-38(25,28)5)48-36-34(32(44)30(42)27(16-40)49-36)50-35-33(45)31(43)29(41)20(3)47-35/h18-36,40-45H,6-17H2,1-5H3/t18-,19+,20+,21+,22+,23-,24+,25+,26+,27-,28+,29+,30-,31-,32+,33-,34-,35+,36-,37+,38+,39-/m1/s1. The molecule has 0 aromatic carbocycles. The molecule has 0 aromatic heterocycles. The second-order valence-electron chi connectivity index (χ2n) is 18.7. The van der Waals surface area contributed by atoms with Crippen LogP contribution in [0.1, 0.15) is 98.8 Å². The molecule has 0 radical (unpaired) electrons. The van der Waals surface area contributed by atoms with E-state index in [1.54, 1.807) is 6.92 Å². The molecule has 8 fully saturated rings. The Bertz CT molecular complexity index is 1250. The van der Waals surface area contributed by atoms with E-state index in [2.05, 4.69) is 27.7 Å². The summed E-state index contributed by atoms with van der Waals surface area (Å²) in [7, 11) is 0. The number of hydrogen-bond acceptors (Lipinski definition) is 12. The second kappa shape index (κ2) is 13.6. The van der Waals surface area contributed by atoms with Gasteiger partial charge in [-0.25, -0.2) is 0 Å². The third kappa shape index (κ3) is 5.91. The largest absolute Gasteiger partial charge is 0.394 e. The highest BCUT2D eigenvalue weighted by Gasteiger charge is 2.69. The van der Waals surface area contributed by atoms with Crippen molar-refractivity contribution in [3.05, 3.63) is 0 Å². The molecule has 4 aliphatic heterocycles. The van der Waals surface area contributed by atoms with E-state index in [1.807, 2.05) is 0 Å². The van der Waals surface area contributed by atoms with Crippen LogP contribution in [0, 0.1) is 52.3 Å². The van der Waals surface area contributed by atoms with Crippen LogP contribution in [0.2, 0.25) is 0 Å². The van der Waals surface area contributed by atoms with E-state index in [9.17, 15) is 30.6 Å².